The van der Waals surface area contributed by atoms with Gasteiger partial charge in [-0.25, -0.2) is 0 Å². The summed E-state index contributed by atoms with van der Waals surface area (Å²) in [6.07, 6.45) is 4.58. The van der Waals surface area contributed by atoms with Crippen molar-refractivity contribution in [2.75, 3.05) is 20.1 Å². The first-order valence-electron chi connectivity index (χ1n) is 7.88. The highest BCUT2D eigenvalue weighted by Crippen LogP contribution is 2.33. The van der Waals surface area contributed by atoms with Crippen LogP contribution in [0.3, 0.4) is 0 Å². The molecule has 4 heteroatoms. The molecule has 1 N–H and O–H groups in total. The molecular formula is C17H26Cl2N2. The molecule has 0 aromatic heterocycles. The molecule has 2 nitrogen and oxygen atoms in total. The molecule has 0 spiro atoms. The summed E-state index contributed by atoms with van der Waals surface area (Å²) in [6, 6.07) is 6.09. The number of likely N-dealkylation sites (N-methyl/N-ethyl adjacent to an activating group) is 1. The van der Waals surface area contributed by atoms with E-state index in [1.54, 1.807) is 0 Å². The van der Waals surface area contributed by atoms with Crippen molar-refractivity contribution in [3.8, 4) is 0 Å². The van der Waals surface area contributed by atoms with Gasteiger partial charge in [0.2, 0.25) is 0 Å². The van der Waals surface area contributed by atoms with Crippen molar-refractivity contribution in [1.82, 2.24) is 10.2 Å². The van der Waals surface area contributed by atoms with E-state index in [9.17, 15) is 0 Å². The molecule has 1 aromatic carbocycles. The van der Waals surface area contributed by atoms with E-state index in [1.807, 2.05) is 25.2 Å². The summed E-state index contributed by atoms with van der Waals surface area (Å²) in [5.74, 6) is 0. The zero-order valence-corrected chi connectivity index (χ0v) is 14.8. The van der Waals surface area contributed by atoms with Crippen molar-refractivity contribution < 1.29 is 0 Å². The van der Waals surface area contributed by atoms with Gasteiger partial charge in [-0.2, -0.15) is 0 Å². The lowest BCUT2D eigenvalue weighted by molar-refractivity contribution is 0.0873. The van der Waals surface area contributed by atoms with Gasteiger partial charge in [-0.15, -0.1) is 0 Å². The van der Waals surface area contributed by atoms with Crippen molar-refractivity contribution in [2.24, 2.45) is 0 Å². The summed E-state index contributed by atoms with van der Waals surface area (Å²) in [5, 5.41) is 5.05. The van der Waals surface area contributed by atoms with Gasteiger partial charge in [0.1, 0.15) is 0 Å². The van der Waals surface area contributed by atoms with Gasteiger partial charge in [0.15, 0.2) is 0 Å². The first-order valence-corrected chi connectivity index (χ1v) is 8.63. The van der Waals surface area contributed by atoms with Crippen molar-refractivity contribution in [3.05, 3.63) is 33.8 Å². The van der Waals surface area contributed by atoms with E-state index in [0.717, 1.165) is 28.5 Å². The van der Waals surface area contributed by atoms with Crippen LogP contribution in [0, 0.1) is 0 Å². The minimum Gasteiger partial charge on any atom is -0.315 e. The van der Waals surface area contributed by atoms with E-state index in [1.165, 1.54) is 25.9 Å². The molecule has 1 aliphatic heterocycles. The molecular weight excluding hydrogens is 303 g/mol. The maximum Gasteiger partial charge on any atom is 0.0453 e. The third-order valence-electron chi connectivity index (χ3n) is 5.11. The molecule has 0 saturated carbocycles. The van der Waals surface area contributed by atoms with Crippen LogP contribution < -0.4 is 5.32 Å². The van der Waals surface area contributed by atoms with Crippen molar-refractivity contribution in [3.63, 3.8) is 0 Å². The summed E-state index contributed by atoms with van der Waals surface area (Å²) < 4.78 is 0. The first-order chi connectivity index (χ1) is 10.0. The lowest BCUT2D eigenvalue weighted by atomic mass is 9.83. The molecule has 21 heavy (non-hydrogen) atoms. The Bertz CT molecular complexity index is 452. The number of nitrogens with zero attached hydrogens (tertiary/aromatic N) is 1. The maximum atomic E-state index is 6.36. The number of benzene rings is 1. The van der Waals surface area contributed by atoms with Crippen LogP contribution in [0.5, 0.6) is 0 Å². The highest BCUT2D eigenvalue weighted by Gasteiger charge is 2.39. The molecule has 1 saturated heterocycles. The minimum absolute atomic E-state index is 0.133. The average molecular weight is 329 g/mol. The van der Waals surface area contributed by atoms with Gasteiger partial charge in [-0.1, -0.05) is 36.2 Å². The molecule has 0 radical (unpaired) electrons. The standard InChI is InChI=1S/C17H26Cl2N2/c1-4-17(2,21-10-5-6-11-21)16(20-3)12-13-14(18)8-7-9-15(13)19/h7-9,16,20H,4-6,10-12H2,1-3H3. The number of hydrogen-bond acceptors (Lipinski definition) is 2. The molecule has 2 rings (SSSR count). The van der Waals surface area contributed by atoms with Gasteiger partial charge in [0.05, 0.1) is 0 Å². The number of likely N-dealkylation sites (tertiary alicyclic amines) is 1. The summed E-state index contributed by atoms with van der Waals surface area (Å²) in [6.45, 7) is 7.03. The molecule has 1 heterocycles. The van der Waals surface area contributed by atoms with Crippen LogP contribution in [0.2, 0.25) is 10.0 Å². The largest absolute Gasteiger partial charge is 0.315 e. The second-order valence-corrected chi connectivity index (χ2v) is 6.96. The molecule has 2 atom stereocenters. The first kappa shape index (κ1) is 17.1. The second-order valence-electron chi connectivity index (χ2n) is 6.15. The molecule has 0 bridgehead atoms. The van der Waals surface area contributed by atoms with Gasteiger partial charge in [0, 0.05) is 21.6 Å². The van der Waals surface area contributed by atoms with Crippen LogP contribution in [0.4, 0.5) is 0 Å². The Morgan fingerprint density at radius 1 is 1.24 bits per heavy atom. The fourth-order valence-corrected chi connectivity index (χ4v) is 4.03. The van der Waals surface area contributed by atoms with Gasteiger partial charge < -0.3 is 5.32 Å². The molecule has 0 amide bonds. The lowest BCUT2D eigenvalue weighted by Crippen LogP contribution is -2.58. The van der Waals surface area contributed by atoms with Gasteiger partial charge in [-0.3, -0.25) is 4.90 Å². The Hall–Kier alpha value is -0.280. The molecule has 0 aliphatic carbocycles. The van der Waals surface area contributed by atoms with Crippen molar-refractivity contribution in [1.29, 1.82) is 0 Å². The lowest BCUT2D eigenvalue weighted by Gasteiger charge is -2.44. The maximum absolute atomic E-state index is 6.36. The number of hydrogen-bond donors (Lipinski definition) is 1. The molecule has 1 aromatic rings. The van der Waals surface area contributed by atoms with E-state index in [4.69, 9.17) is 23.2 Å². The fraction of sp³-hybridized carbons (Fsp3) is 0.647. The smallest absolute Gasteiger partial charge is 0.0453 e. The van der Waals surface area contributed by atoms with Crippen LogP contribution in [0.15, 0.2) is 18.2 Å². The zero-order chi connectivity index (χ0) is 15.5. The monoisotopic (exact) mass is 328 g/mol. The van der Waals surface area contributed by atoms with Crippen LogP contribution in [-0.4, -0.2) is 36.6 Å². The summed E-state index contributed by atoms with van der Waals surface area (Å²) in [4.78, 5) is 2.62. The number of rotatable bonds is 6. The molecule has 2 unspecified atom stereocenters. The third kappa shape index (κ3) is 3.56. The predicted molar refractivity (Wildman–Crippen MR) is 92.5 cm³/mol. The Kier molecular flexibility index (Phi) is 5.96. The van der Waals surface area contributed by atoms with Gasteiger partial charge >= 0.3 is 0 Å². The Balaban J connectivity index is 2.25. The highest BCUT2D eigenvalue weighted by molar-refractivity contribution is 6.36. The average Bonchev–Trinajstić information content (AvgIpc) is 3.01. The summed E-state index contributed by atoms with van der Waals surface area (Å²) in [5.41, 5.74) is 1.19. The van der Waals surface area contributed by atoms with Gasteiger partial charge in [-0.05, 0) is 70.4 Å². The van der Waals surface area contributed by atoms with E-state index in [0.29, 0.717) is 6.04 Å². The highest BCUT2D eigenvalue weighted by atomic mass is 35.5. The Morgan fingerprint density at radius 3 is 2.29 bits per heavy atom. The van der Waals surface area contributed by atoms with E-state index >= 15 is 0 Å². The third-order valence-corrected chi connectivity index (χ3v) is 5.82. The number of nitrogens with one attached hydrogen (secondary N) is 1. The summed E-state index contributed by atoms with van der Waals surface area (Å²) in [7, 11) is 2.04. The van der Waals surface area contributed by atoms with Gasteiger partial charge in [0.25, 0.3) is 0 Å². The summed E-state index contributed by atoms with van der Waals surface area (Å²) >= 11 is 12.7. The fourth-order valence-electron chi connectivity index (χ4n) is 3.48. The zero-order valence-electron chi connectivity index (χ0n) is 13.3. The SMILES string of the molecule is CCC(C)(C(Cc1c(Cl)cccc1Cl)NC)N1CCCC1. The van der Waals surface area contributed by atoms with E-state index in [-0.39, 0.29) is 5.54 Å². The van der Waals surface area contributed by atoms with Crippen LogP contribution in [0.25, 0.3) is 0 Å². The Morgan fingerprint density at radius 2 is 1.81 bits per heavy atom. The molecule has 1 fully saturated rings. The van der Waals surface area contributed by atoms with Crippen LogP contribution >= 0.6 is 23.2 Å². The minimum atomic E-state index is 0.133. The van der Waals surface area contributed by atoms with Crippen molar-refractivity contribution >= 4 is 23.2 Å². The predicted octanol–water partition coefficient (Wildman–Crippen LogP) is 4.39. The van der Waals surface area contributed by atoms with E-state index in [2.05, 4.69) is 24.1 Å². The normalized spacial score (nSPS) is 20.4. The quantitative estimate of drug-likeness (QED) is 0.833. The topological polar surface area (TPSA) is 15.3 Å². The number of halogens is 2. The Labute approximate surface area is 138 Å². The van der Waals surface area contributed by atoms with E-state index < -0.39 is 0 Å². The molecule has 118 valence electrons. The van der Waals surface area contributed by atoms with Crippen molar-refractivity contribution in [2.45, 2.75) is 51.1 Å². The van der Waals surface area contributed by atoms with Crippen LogP contribution in [0.1, 0.15) is 38.7 Å². The second kappa shape index (κ2) is 7.32. The van der Waals surface area contributed by atoms with Crippen LogP contribution in [-0.2, 0) is 6.42 Å². The molecule has 1 aliphatic rings.